The number of piperidine rings is 1. The molecular formula is C25H24Cl2F3N3O2. The number of amides is 1. The van der Waals surface area contributed by atoms with Crippen LogP contribution in [0.2, 0.25) is 10.0 Å². The van der Waals surface area contributed by atoms with E-state index in [2.05, 4.69) is 4.98 Å². The summed E-state index contributed by atoms with van der Waals surface area (Å²) in [6.45, 7) is 4.11. The molecule has 35 heavy (non-hydrogen) atoms. The Bertz CT molecular complexity index is 1330. The third kappa shape index (κ3) is 4.91. The highest BCUT2D eigenvalue weighted by atomic mass is 35.5. The maximum atomic E-state index is 13.3. The Morgan fingerprint density at radius 3 is 2.40 bits per heavy atom. The number of rotatable bonds is 4. The van der Waals surface area contributed by atoms with Gasteiger partial charge >= 0.3 is 6.18 Å². The standard InChI is InChI=1S/C25H24Cl2F3N3O2/c1-13-10-21(25(28,29)30)31-23-18(13)11-16(32(23)3)12-19-20(26)5-4-17(22(19)27)24(35)33-8-6-15(7-9-33)14(2)34/h4-5,10-11,15H,6-9,12H2,1-3H3. The van der Waals surface area contributed by atoms with E-state index >= 15 is 0 Å². The van der Waals surface area contributed by atoms with Gasteiger partial charge in [0.1, 0.15) is 17.1 Å². The average molecular weight is 526 g/mol. The van der Waals surface area contributed by atoms with Crippen LogP contribution in [0.3, 0.4) is 0 Å². The molecule has 0 aliphatic carbocycles. The van der Waals surface area contributed by atoms with Gasteiger partial charge in [-0.15, -0.1) is 0 Å². The molecule has 0 atom stereocenters. The summed E-state index contributed by atoms with van der Waals surface area (Å²) in [5.41, 5.74) is 1.19. The molecule has 2 aromatic heterocycles. The van der Waals surface area contributed by atoms with Crippen molar-refractivity contribution >= 4 is 45.9 Å². The van der Waals surface area contributed by atoms with Crippen LogP contribution in [0.4, 0.5) is 13.2 Å². The molecule has 3 aromatic rings. The number of Topliss-reactive ketones (excluding diaryl/α,β-unsaturated/α-hetero) is 1. The van der Waals surface area contributed by atoms with Gasteiger partial charge in [-0.05, 0) is 62.1 Å². The van der Waals surface area contributed by atoms with Gasteiger partial charge in [-0.2, -0.15) is 13.2 Å². The molecule has 0 radical (unpaired) electrons. The summed E-state index contributed by atoms with van der Waals surface area (Å²) in [7, 11) is 1.64. The quantitative estimate of drug-likeness (QED) is 0.405. The molecule has 0 N–H and O–H groups in total. The van der Waals surface area contributed by atoms with E-state index in [0.717, 1.165) is 6.07 Å². The van der Waals surface area contributed by atoms with Gasteiger partial charge < -0.3 is 9.47 Å². The molecule has 1 aliphatic rings. The number of ketones is 1. The van der Waals surface area contributed by atoms with Crippen molar-refractivity contribution in [3.8, 4) is 0 Å². The molecule has 1 fully saturated rings. The number of likely N-dealkylation sites (tertiary alicyclic amines) is 1. The predicted octanol–water partition coefficient (Wildman–Crippen LogP) is 6.24. The number of aromatic nitrogens is 2. The van der Waals surface area contributed by atoms with Crippen LogP contribution in [-0.4, -0.2) is 39.2 Å². The van der Waals surface area contributed by atoms with Gasteiger partial charge in [0.05, 0.1) is 10.6 Å². The Morgan fingerprint density at radius 1 is 1.14 bits per heavy atom. The number of benzene rings is 1. The van der Waals surface area contributed by atoms with E-state index in [-0.39, 0.29) is 34.7 Å². The Balaban J connectivity index is 1.66. The maximum Gasteiger partial charge on any atom is 0.433 e. The first-order chi connectivity index (χ1) is 16.4. The number of nitrogens with zero attached hydrogens (tertiary/aromatic N) is 3. The Labute approximate surface area is 210 Å². The van der Waals surface area contributed by atoms with Crippen molar-refractivity contribution in [3.05, 3.63) is 62.4 Å². The topological polar surface area (TPSA) is 55.2 Å². The van der Waals surface area contributed by atoms with Crippen LogP contribution in [0.25, 0.3) is 11.0 Å². The summed E-state index contributed by atoms with van der Waals surface area (Å²) in [6.07, 6.45) is -3.12. The summed E-state index contributed by atoms with van der Waals surface area (Å²) < 4.78 is 41.4. The SMILES string of the molecule is CC(=O)C1CCN(C(=O)c2ccc(Cl)c(Cc3cc4c(C)cc(C(F)(F)F)nc4n3C)c2Cl)CC1. The number of carbonyl (C=O) groups is 2. The molecule has 1 saturated heterocycles. The first-order valence-corrected chi connectivity index (χ1v) is 11.9. The minimum Gasteiger partial charge on any atom is -0.339 e. The van der Waals surface area contributed by atoms with Gasteiger partial charge in [0.25, 0.3) is 5.91 Å². The minimum atomic E-state index is -4.55. The number of carbonyl (C=O) groups excluding carboxylic acids is 2. The molecular weight excluding hydrogens is 502 g/mol. The lowest BCUT2D eigenvalue weighted by Gasteiger charge is -2.31. The highest BCUT2D eigenvalue weighted by Crippen LogP contribution is 2.35. The van der Waals surface area contributed by atoms with Crippen LogP contribution >= 0.6 is 23.2 Å². The van der Waals surface area contributed by atoms with E-state index in [1.807, 2.05) is 0 Å². The maximum absolute atomic E-state index is 13.3. The molecule has 1 aliphatic heterocycles. The highest BCUT2D eigenvalue weighted by Gasteiger charge is 2.34. The number of alkyl halides is 3. The molecule has 10 heteroatoms. The zero-order chi connectivity index (χ0) is 25.7. The first kappa shape index (κ1) is 25.5. The zero-order valence-corrected chi connectivity index (χ0v) is 21.0. The first-order valence-electron chi connectivity index (χ1n) is 11.2. The second kappa shape index (κ2) is 9.47. The van der Waals surface area contributed by atoms with Crippen LogP contribution in [-0.2, 0) is 24.4 Å². The van der Waals surface area contributed by atoms with Crippen molar-refractivity contribution in [2.24, 2.45) is 13.0 Å². The fraction of sp³-hybridized carbons (Fsp3) is 0.400. The fourth-order valence-electron chi connectivity index (χ4n) is 4.58. The fourth-order valence-corrected chi connectivity index (χ4v) is 5.16. The lowest BCUT2D eigenvalue weighted by molar-refractivity contribution is -0.141. The molecule has 0 saturated carbocycles. The van der Waals surface area contributed by atoms with Crippen LogP contribution in [0, 0.1) is 12.8 Å². The van der Waals surface area contributed by atoms with E-state index in [1.165, 1.54) is 0 Å². The van der Waals surface area contributed by atoms with Crippen molar-refractivity contribution in [1.29, 1.82) is 0 Å². The number of hydrogen-bond acceptors (Lipinski definition) is 3. The largest absolute Gasteiger partial charge is 0.433 e. The summed E-state index contributed by atoms with van der Waals surface area (Å²) in [5.74, 6) is -0.137. The predicted molar refractivity (Wildman–Crippen MR) is 129 cm³/mol. The van der Waals surface area contributed by atoms with Crippen LogP contribution < -0.4 is 0 Å². The van der Waals surface area contributed by atoms with Crippen molar-refractivity contribution in [2.45, 2.75) is 39.3 Å². The Morgan fingerprint density at radius 2 is 1.80 bits per heavy atom. The zero-order valence-electron chi connectivity index (χ0n) is 19.5. The van der Waals surface area contributed by atoms with Crippen LogP contribution in [0.15, 0.2) is 24.3 Å². The average Bonchev–Trinajstić information content (AvgIpc) is 3.11. The molecule has 1 aromatic carbocycles. The molecule has 0 spiro atoms. The summed E-state index contributed by atoms with van der Waals surface area (Å²) in [5, 5.41) is 1.16. The lowest BCUT2D eigenvalue weighted by Crippen LogP contribution is -2.40. The third-order valence-electron chi connectivity index (χ3n) is 6.73. The monoisotopic (exact) mass is 525 g/mol. The second-order valence-corrected chi connectivity index (χ2v) is 9.78. The summed E-state index contributed by atoms with van der Waals surface area (Å²) in [6, 6.07) is 5.98. The van der Waals surface area contributed by atoms with E-state index < -0.39 is 11.9 Å². The minimum absolute atomic E-state index is 0.0308. The second-order valence-electron chi connectivity index (χ2n) is 9.00. The van der Waals surface area contributed by atoms with Crippen molar-refractivity contribution in [1.82, 2.24) is 14.5 Å². The van der Waals surface area contributed by atoms with Crippen molar-refractivity contribution in [2.75, 3.05) is 13.1 Å². The Kier molecular flexibility index (Phi) is 6.90. The number of aryl methyl sites for hydroxylation is 2. The van der Waals surface area contributed by atoms with E-state index in [9.17, 15) is 22.8 Å². The van der Waals surface area contributed by atoms with E-state index in [0.29, 0.717) is 58.7 Å². The smallest absolute Gasteiger partial charge is 0.339 e. The third-order valence-corrected chi connectivity index (χ3v) is 7.51. The van der Waals surface area contributed by atoms with Crippen LogP contribution in [0.5, 0.6) is 0 Å². The number of hydrogen-bond donors (Lipinski definition) is 0. The lowest BCUT2D eigenvalue weighted by atomic mass is 9.93. The number of halogens is 5. The van der Waals surface area contributed by atoms with Gasteiger partial charge in [-0.3, -0.25) is 9.59 Å². The van der Waals surface area contributed by atoms with Gasteiger partial charge in [-0.25, -0.2) is 4.98 Å². The molecule has 0 bridgehead atoms. The molecule has 3 heterocycles. The van der Waals surface area contributed by atoms with Gasteiger partial charge in [0.15, 0.2) is 0 Å². The summed E-state index contributed by atoms with van der Waals surface area (Å²) >= 11 is 13.1. The highest BCUT2D eigenvalue weighted by molar-refractivity contribution is 6.38. The van der Waals surface area contributed by atoms with Gasteiger partial charge in [0.2, 0.25) is 0 Å². The van der Waals surface area contributed by atoms with Crippen molar-refractivity contribution in [3.63, 3.8) is 0 Å². The molecule has 186 valence electrons. The normalized spacial score (nSPS) is 15.1. The molecule has 5 nitrogen and oxygen atoms in total. The van der Waals surface area contributed by atoms with E-state index in [1.54, 1.807) is 48.6 Å². The molecule has 1 amide bonds. The van der Waals surface area contributed by atoms with Crippen molar-refractivity contribution < 1.29 is 22.8 Å². The molecule has 0 unspecified atom stereocenters. The Hall–Kier alpha value is -2.58. The van der Waals surface area contributed by atoms with E-state index in [4.69, 9.17) is 23.2 Å². The van der Waals surface area contributed by atoms with Crippen LogP contribution in [0.1, 0.15) is 52.6 Å². The van der Waals surface area contributed by atoms with Gasteiger partial charge in [0, 0.05) is 48.6 Å². The summed E-state index contributed by atoms with van der Waals surface area (Å²) in [4.78, 5) is 30.3. The number of pyridine rings is 1. The number of fused-ring (bicyclic) bond motifs is 1. The molecule has 4 rings (SSSR count). The van der Waals surface area contributed by atoms with Gasteiger partial charge in [-0.1, -0.05) is 23.2 Å².